The van der Waals surface area contributed by atoms with Crippen LogP contribution in [0.15, 0.2) is 34.1 Å². The Labute approximate surface area is 152 Å². The Morgan fingerprint density at radius 1 is 1.12 bits per heavy atom. The molecule has 2 amide bonds. The molecule has 1 saturated heterocycles. The van der Waals surface area contributed by atoms with Gasteiger partial charge in [-0.15, -0.1) is 11.8 Å². The quantitative estimate of drug-likeness (QED) is 0.568. The van der Waals surface area contributed by atoms with Crippen molar-refractivity contribution in [3.63, 3.8) is 0 Å². The minimum atomic E-state index is -0.163. The lowest BCUT2D eigenvalue weighted by Gasteiger charge is -2.22. The van der Waals surface area contributed by atoms with E-state index in [9.17, 15) is 9.59 Å². The van der Waals surface area contributed by atoms with Crippen LogP contribution in [0.5, 0.6) is 0 Å². The molecule has 1 N–H and O–H groups in total. The van der Waals surface area contributed by atoms with Crippen LogP contribution >= 0.6 is 23.5 Å². The van der Waals surface area contributed by atoms with Crippen LogP contribution < -0.4 is 4.90 Å². The molecule has 130 valence electrons. The third-order valence-corrected chi connectivity index (χ3v) is 5.53. The van der Waals surface area contributed by atoms with E-state index >= 15 is 0 Å². The van der Waals surface area contributed by atoms with Gasteiger partial charge in [0.25, 0.3) is 11.1 Å². The van der Waals surface area contributed by atoms with Crippen LogP contribution in [0, 0.1) is 0 Å². The Morgan fingerprint density at radius 3 is 2.29 bits per heavy atom. The van der Waals surface area contributed by atoms with Gasteiger partial charge in [-0.25, -0.2) is 4.90 Å². The number of amides is 2. The summed E-state index contributed by atoms with van der Waals surface area (Å²) >= 11 is 2.72. The van der Waals surface area contributed by atoms with E-state index in [0.717, 1.165) is 43.3 Å². The van der Waals surface area contributed by atoms with E-state index in [1.807, 2.05) is 36.6 Å². The summed E-state index contributed by atoms with van der Waals surface area (Å²) in [6, 6.07) is 8.00. The fraction of sp³-hybridized carbons (Fsp3) is 0.444. The molecule has 1 aliphatic rings. The van der Waals surface area contributed by atoms with Crippen LogP contribution in [0.3, 0.4) is 0 Å². The van der Waals surface area contributed by atoms with Crippen LogP contribution in [-0.4, -0.2) is 42.1 Å². The average molecular weight is 366 g/mol. The highest BCUT2D eigenvalue weighted by Crippen LogP contribution is 2.31. The van der Waals surface area contributed by atoms with Gasteiger partial charge in [-0.2, -0.15) is 0 Å². The minimum absolute atomic E-state index is 0.156. The molecule has 0 atom stereocenters. The molecule has 0 saturated carbocycles. The number of hydrogen-bond donors (Lipinski definition) is 1. The summed E-state index contributed by atoms with van der Waals surface area (Å²) in [5.74, 6) is -0.163. The van der Waals surface area contributed by atoms with E-state index < -0.39 is 0 Å². The van der Waals surface area contributed by atoms with Gasteiger partial charge >= 0.3 is 0 Å². The van der Waals surface area contributed by atoms with Gasteiger partial charge in [-0.3, -0.25) is 9.59 Å². The molecule has 24 heavy (non-hydrogen) atoms. The first kappa shape index (κ1) is 19.1. The molecule has 0 spiro atoms. The van der Waals surface area contributed by atoms with Crippen LogP contribution in [0.4, 0.5) is 4.79 Å². The summed E-state index contributed by atoms with van der Waals surface area (Å²) in [5.41, 5.74) is 0.949. The van der Waals surface area contributed by atoms with Gasteiger partial charge in [-0.05, 0) is 54.6 Å². The Bertz CT molecular complexity index is 608. The summed E-state index contributed by atoms with van der Waals surface area (Å²) in [7, 11) is 0. The highest BCUT2D eigenvalue weighted by Gasteiger charge is 2.37. The number of hydrogen-bond acceptors (Lipinski definition) is 4. The summed E-state index contributed by atoms with van der Waals surface area (Å²) in [6.45, 7) is 6.67. The van der Waals surface area contributed by atoms with Gasteiger partial charge in [-0.1, -0.05) is 26.0 Å². The molecular weight excluding hydrogens is 340 g/mol. The molecule has 0 radical (unpaired) electrons. The van der Waals surface area contributed by atoms with Crippen molar-refractivity contribution in [1.82, 2.24) is 4.90 Å². The van der Waals surface area contributed by atoms with E-state index in [4.69, 9.17) is 0 Å². The SMILES string of the molecule is CCC[NH+](CCC)CN1C(=O)S/C(=C/c2ccc(SC)cc2)C1=O. The number of quaternary nitrogens is 1. The average Bonchev–Trinajstić information content (AvgIpc) is 2.83. The number of benzene rings is 1. The van der Waals surface area contributed by atoms with Gasteiger partial charge in [0.15, 0.2) is 6.67 Å². The first-order chi connectivity index (χ1) is 11.6. The van der Waals surface area contributed by atoms with Crippen molar-refractivity contribution in [1.29, 1.82) is 0 Å². The first-order valence-corrected chi connectivity index (χ1v) is 10.4. The molecule has 2 rings (SSSR count). The number of thioether (sulfide) groups is 2. The van der Waals surface area contributed by atoms with E-state index in [1.54, 1.807) is 11.8 Å². The summed E-state index contributed by atoms with van der Waals surface area (Å²) in [5, 5.41) is -0.156. The maximum atomic E-state index is 12.6. The zero-order valence-electron chi connectivity index (χ0n) is 14.5. The zero-order valence-corrected chi connectivity index (χ0v) is 16.1. The molecule has 0 aliphatic carbocycles. The molecule has 0 aromatic heterocycles. The highest BCUT2D eigenvalue weighted by atomic mass is 32.2. The summed E-state index contributed by atoms with van der Waals surface area (Å²) in [6.07, 6.45) is 5.93. The Balaban J connectivity index is 2.10. The third-order valence-electron chi connectivity index (χ3n) is 3.88. The molecule has 1 heterocycles. The number of nitrogens with zero attached hydrogens (tertiary/aromatic N) is 1. The van der Waals surface area contributed by atoms with Gasteiger partial charge in [0, 0.05) is 4.90 Å². The van der Waals surface area contributed by atoms with E-state index in [2.05, 4.69) is 13.8 Å². The van der Waals surface area contributed by atoms with Crippen molar-refractivity contribution in [3.05, 3.63) is 34.7 Å². The predicted molar refractivity (Wildman–Crippen MR) is 102 cm³/mol. The lowest BCUT2D eigenvalue weighted by Crippen LogP contribution is -3.13. The lowest BCUT2D eigenvalue weighted by molar-refractivity contribution is -0.907. The van der Waals surface area contributed by atoms with Crippen LogP contribution in [0.1, 0.15) is 32.3 Å². The smallest absolute Gasteiger partial charge is 0.298 e. The molecule has 1 fully saturated rings. The standard InChI is InChI=1S/C18H24N2O2S2/c1-4-10-19(11-5-2)13-20-17(21)16(24-18(20)22)12-14-6-8-15(23-3)9-7-14/h6-9,12H,4-5,10-11,13H2,1-3H3/p+1/b16-12+. The van der Waals surface area contributed by atoms with Crippen LogP contribution in [-0.2, 0) is 4.79 Å². The van der Waals surface area contributed by atoms with Crippen molar-refractivity contribution in [2.24, 2.45) is 0 Å². The topological polar surface area (TPSA) is 41.8 Å². The Morgan fingerprint density at radius 2 is 1.75 bits per heavy atom. The second-order valence-electron chi connectivity index (χ2n) is 5.79. The highest BCUT2D eigenvalue weighted by molar-refractivity contribution is 8.18. The van der Waals surface area contributed by atoms with Crippen LogP contribution in [0.25, 0.3) is 6.08 Å². The van der Waals surface area contributed by atoms with E-state index in [0.29, 0.717) is 11.6 Å². The van der Waals surface area contributed by atoms with Crippen molar-refractivity contribution in [2.45, 2.75) is 31.6 Å². The summed E-state index contributed by atoms with van der Waals surface area (Å²) in [4.78, 5) is 29.2. The van der Waals surface area contributed by atoms with E-state index in [1.165, 1.54) is 14.7 Å². The molecule has 1 aromatic carbocycles. The second-order valence-corrected chi connectivity index (χ2v) is 7.66. The van der Waals surface area contributed by atoms with E-state index in [-0.39, 0.29) is 11.1 Å². The van der Waals surface area contributed by atoms with Crippen molar-refractivity contribution < 1.29 is 14.5 Å². The fourth-order valence-electron chi connectivity index (χ4n) is 2.70. The first-order valence-electron chi connectivity index (χ1n) is 8.32. The lowest BCUT2D eigenvalue weighted by atomic mass is 10.2. The zero-order chi connectivity index (χ0) is 17.5. The normalized spacial score (nSPS) is 16.7. The maximum Gasteiger partial charge on any atom is 0.298 e. The number of imide groups is 1. The molecule has 6 heteroatoms. The summed E-state index contributed by atoms with van der Waals surface area (Å²) < 4.78 is 0. The predicted octanol–water partition coefficient (Wildman–Crippen LogP) is 3.11. The molecule has 1 aliphatic heterocycles. The number of carbonyl (C=O) groups excluding carboxylic acids is 2. The number of carbonyl (C=O) groups is 2. The van der Waals surface area contributed by atoms with Crippen molar-refractivity contribution in [2.75, 3.05) is 26.0 Å². The number of nitrogens with one attached hydrogen (secondary N) is 1. The largest absolute Gasteiger partial charge is 0.317 e. The molecule has 0 bridgehead atoms. The van der Waals surface area contributed by atoms with Gasteiger partial charge in [0.1, 0.15) is 0 Å². The third kappa shape index (κ3) is 4.88. The second kappa shape index (κ2) is 9.30. The maximum absolute atomic E-state index is 12.6. The fourth-order valence-corrected chi connectivity index (χ4v) is 3.95. The molecule has 4 nitrogen and oxygen atoms in total. The minimum Gasteiger partial charge on any atom is -0.317 e. The Hall–Kier alpha value is -1.24. The van der Waals surface area contributed by atoms with Gasteiger partial charge < -0.3 is 4.90 Å². The molecule has 0 unspecified atom stereocenters. The van der Waals surface area contributed by atoms with Gasteiger partial charge in [0.2, 0.25) is 0 Å². The van der Waals surface area contributed by atoms with Gasteiger partial charge in [0.05, 0.1) is 18.0 Å². The van der Waals surface area contributed by atoms with Crippen molar-refractivity contribution >= 4 is 40.7 Å². The molecular formula is C18H25N2O2S2+. The van der Waals surface area contributed by atoms with Crippen LogP contribution in [0.2, 0.25) is 0 Å². The number of rotatable bonds is 8. The monoisotopic (exact) mass is 365 g/mol. The Kier molecular flexibility index (Phi) is 7.40. The van der Waals surface area contributed by atoms with Crippen molar-refractivity contribution in [3.8, 4) is 0 Å². The molecule has 1 aromatic rings.